The van der Waals surface area contributed by atoms with E-state index in [-0.39, 0.29) is 0 Å². The Kier molecular flexibility index (Phi) is 4.91. The van der Waals surface area contributed by atoms with Gasteiger partial charge in [0.25, 0.3) is 0 Å². The normalized spacial score (nSPS) is 18.5. The first kappa shape index (κ1) is 18.5. The molecule has 6 heteroatoms. The van der Waals surface area contributed by atoms with Gasteiger partial charge in [0.2, 0.25) is 0 Å². The zero-order valence-corrected chi connectivity index (χ0v) is 17.6. The van der Waals surface area contributed by atoms with Gasteiger partial charge in [0.05, 0.1) is 17.4 Å². The van der Waals surface area contributed by atoms with Gasteiger partial charge in [-0.1, -0.05) is 6.07 Å². The predicted molar refractivity (Wildman–Crippen MR) is 118 cm³/mol. The highest BCUT2D eigenvalue weighted by molar-refractivity contribution is 7.10. The molecule has 4 aromatic heterocycles. The van der Waals surface area contributed by atoms with Crippen molar-refractivity contribution >= 4 is 17.0 Å². The molecule has 1 aliphatic heterocycles. The van der Waals surface area contributed by atoms with Crippen molar-refractivity contribution in [2.75, 3.05) is 26.7 Å². The van der Waals surface area contributed by atoms with E-state index >= 15 is 0 Å². The van der Waals surface area contributed by atoms with Gasteiger partial charge in [-0.25, -0.2) is 4.98 Å². The number of aromatic nitrogens is 3. The maximum atomic E-state index is 5.00. The SMILES string of the molecule is Cc1ccsc1CN1CCN(C)C(c2cn3c(-c4ccncc4)cccc3n2)C1. The number of hydrogen-bond acceptors (Lipinski definition) is 5. The van der Waals surface area contributed by atoms with E-state index < -0.39 is 0 Å². The van der Waals surface area contributed by atoms with Crippen molar-refractivity contribution in [3.05, 3.63) is 76.5 Å². The Hall–Kier alpha value is -2.54. The van der Waals surface area contributed by atoms with Crippen molar-refractivity contribution in [1.82, 2.24) is 24.2 Å². The molecule has 0 N–H and O–H groups in total. The molecule has 0 aliphatic carbocycles. The second-order valence-corrected chi connectivity index (χ2v) is 8.80. The predicted octanol–water partition coefficient (Wildman–Crippen LogP) is 4.25. The number of aryl methyl sites for hydroxylation is 1. The summed E-state index contributed by atoms with van der Waals surface area (Å²) in [6.07, 6.45) is 5.89. The summed E-state index contributed by atoms with van der Waals surface area (Å²) in [5.74, 6) is 0. The fourth-order valence-electron chi connectivity index (χ4n) is 4.11. The topological polar surface area (TPSA) is 36.7 Å². The van der Waals surface area contributed by atoms with Gasteiger partial charge in [-0.15, -0.1) is 11.3 Å². The maximum Gasteiger partial charge on any atom is 0.137 e. The quantitative estimate of drug-likeness (QED) is 0.510. The van der Waals surface area contributed by atoms with Crippen LogP contribution in [0.4, 0.5) is 0 Å². The lowest BCUT2D eigenvalue weighted by Crippen LogP contribution is -2.46. The summed E-state index contributed by atoms with van der Waals surface area (Å²) >= 11 is 1.86. The van der Waals surface area contributed by atoms with E-state index in [1.54, 1.807) is 0 Å². The Morgan fingerprint density at radius 1 is 1.10 bits per heavy atom. The van der Waals surface area contributed by atoms with Gasteiger partial charge in [0, 0.05) is 55.2 Å². The highest BCUT2D eigenvalue weighted by Gasteiger charge is 2.28. The van der Waals surface area contributed by atoms with Crippen LogP contribution in [0.15, 0.2) is 60.4 Å². The molecular weight excluding hydrogens is 378 g/mol. The standard InChI is InChI=1S/C23H25N5S/c1-17-8-13-29-22(17)16-27-12-11-26(2)21(15-27)19-14-28-20(4-3-5-23(28)25-19)18-6-9-24-10-7-18/h3-10,13-14,21H,11-12,15-16H2,1-2H3. The van der Waals surface area contributed by atoms with Crippen LogP contribution in [0.3, 0.4) is 0 Å². The average molecular weight is 404 g/mol. The Balaban J connectivity index is 1.45. The number of piperazine rings is 1. The number of nitrogens with zero attached hydrogens (tertiary/aromatic N) is 5. The summed E-state index contributed by atoms with van der Waals surface area (Å²) < 4.78 is 2.21. The third kappa shape index (κ3) is 3.59. The summed E-state index contributed by atoms with van der Waals surface area (Å²) in [5.41, 5.74) is 5.84. The van der Waals surface area contributed by atoms with E-state index in [0.29, 0.717) is 6.04 Å². The molecule has 5 nitrogen and oxygen atoms in total. The van der Waals surface area contributed by atoms with Crippen LogP contribution < -0.4 is 0 Å². The molecule has 0 radical (unpaired) electrons. The molecule has 1 atom stereocenters. The Bertz CT molecular complexity index is 1120. The van der Waals surface area contributed by atoms with E-state index in [2.05, 4.69) is 69.0 Å². The molecule has 148 valence electrons. The Morgan fingerprint density at radius 3 is 2.76 bits per heavy atom. The molecule has 0 spiro atoms. The van der Waals surface area contributed by atoms with Crippen LogP contribution in [0.5, 0.6) is 0 Å². The van der Waals surface area contributed by atoms with Crippen LogP contribution in [0.25, 0.3) is 16.9 Å². The molecule has 5 rings (SSSR count). The largest absolute Gasteiger partial charge is 0.299 e. The lowest BCUT2D eigenvalue weighted by atomic mass is 10.1. The van der Waals surface area contributed by atoms with Crippen molar-refractivity contribution in [1.29, 1.82) is 0 Å². The van der Waals surface area contributed by atoms with E-state index in [0.717, 1.165) is 48.8 Å². The third-order valence-electron chi connectivity index (χ3n) is 5.90. The highest BCUT2D eigenvalue weighted by Crippen LogP contribution is 2.28. The third-order valence-corrected chi connectivity index (χ3v) is 6.90. The van der Waals surface area contributed by atoms with Crippen molar-refractivity contribution in [3.8, 4) is 11.3 Å². The average Bonchev–Trinajstić information content (AvgIpc) is 3.36. The summed E-state index contributed by atoms with van der Waals surface area (Å²) in [4.78, 5) is 15.6. The molecular formula is C23H25N5S. The maximum absolute atomic E-state index is 5.00. The number of rotatable bonds is 4. The lowest BCUT2D eigenvalue weighted by molar-refractivity contribution is 0.0891. The first-order valence-electron chi connectivity index (χ1n) is 10.0. The molecule has 1 saturated heterocycles. The number of thiophene rings is 1. The number of likely N-dealkylation sites (N-methyl/N-ethyl adjacent to an activating group) is 1. The molecule has 5 heterocycles. The van der Waals surface area contributed by atoms with Crippen molar-refractivity contribution in [2.45, 2.75) is 19.5 Å². The van der Waals surface area contributed by atoms with Gasteiger partial charge in [-0.3, -0.25) is 19.2 Å². The molecule has 4 aromatic rings. The molecule has 0 saturated carbocycles. The van der Waals surface area contributed by atoms with Crippen LogP contribution >= 0.6 is 11.3 Å². The summed E-state index contributed by atoms with van der Waals surface area (Å²) in [7, 11) is 2.21. The molecule has 0 bridgehead atoms. The second kappa shape index (κ2) is 7.71. The van der Waals surface area contributed by atoms with Gasteiger partial charge >= 0.3 is 0 Å². The van der Waals surface area contributed by atoms with Crippen molar-refractivity contribution < 1.29 is 0 Å². The Labute approximate surface area is 175 Å². The second-order valence-electron chi connectivity index (χ2n) is 7.80. The van der Waals surface area contributed by atoms with E-state index in [4.69, 9.17) is 4.98 Å². The molecule has 0 amide bonds. The minimum atomic E-state index is 0.300. The van der Waals surface area contributed by atoms with Gasteiger partial charge in [-0.05, 0) is 55.2 Å². The van der Waals surface area contributed by atoms with Gasteiger partial charge in [0.15, 0.2) is 0 Å². The number of pyridine rings is 2. The first-order valence-corrected chi connectivity index (χ1v) is 10.9. The monoisotopic (exact) mass is 403 g/mol. The zero-order chi connectivity index (χ0) is 19.8. The molecule has 0 aromatic carbocycles. The van der Waals surface area contributed by atoms with Crippen LogP contribution in [0, 0.1) is 6.92 Å². The van der Waals surface area contributed by atoms with Crippen molar-refractivity contribution in [3.63, 3.8) is 0 Å². The fourth-order valence-corrected chi connectivity index (χ4v) is 5.06. The first-order chi connectivity index (χ1) is 14.2. The van der Waals surface area contributed by atoms with Crippen LogP contribution in [0.1, 0.15) is 22.2 Å². The van der Waals surface area contributed by atoms with Crippen LogP contribution in [-0.4, -0.2) is 50.9 Å². The minimum absolute atomic E-state index is 0.300. The fraction of sp³-hybridized carbons (Fsp3) is 0.304. The summed E-state index contributed by atoms with van der Waals surface area (Å²) in [6, 6.07) is 12.9. The van der Waals surface area contributed by atoms with Gasteiger partial charge in [-0.2, -0.15) is 0 Å². The van der Waals surface area contributed by atoms with Crippen LogP contribution in [0.2, 0.25) is 0 Å². The summed E-state index contributed by atoms with van der Waals surface area (Å²) in [6.45, 7) is 6.40. The molecule has 1 aliphatic rings. The van der Waals surface area contributed by atoms with Crippen LogP contribution in [-0.2, 0) is 6.54 Å². The number of fused-ring (bicyclic) bond motifs is 1. The van der Waals surface area contributed by atoms with Crippen molar-refractivity contribution in [2.24, 2.45) is 0 Å². The van der Waals surface area contributed by atoms with Gasteiger partial charge in [0.1, 0.15) is 5.65 Å². The molecule has 29 heavy (non-hydrogen) atoms. The summed E-state index contributed by atoms with van der Waals surface area (Å²) in [5, 5.41) is 2.20. The van der Waals surface area contributed by atoms with E-state index in [1.807, 2.05) is 35.9 Å². The highest BCUT2D eigenvalue weighted by atomic mass is 32.1. The minimum Gasteiger partial charge on any atom is -0.299 e. The molecule has 1 fully saturated rings. The Morgan fingerprint density at radius 2 is 1.97 bits per heavy atom. The zero-order valence-electron chi connectivity index (χ0n) is 16.8. The van der Waals surface area contributed by atoms with Gasteiger partial charge < -0.3 is 0 Å². The lowest BCUT2D eigenvalue weighted by Gasteiger charge is -2.38. The molecule has 1 unspecified atom stereocenters. The number of imidazole rings is 1. The van der Waals surface area contributed by atoms with E-state index in [9.17, 15) is 0 Å². The smallest absolute Gasteiger partial charge is 0.137 e. The van der Waals surface area contributed by atoms with E-state index in [1.165, 1.54) is 10.4 Å². The number of hydrogen-bond donors (Lipinski definition) is 0.